The maximum atomic E-state index is 3.05. The van der Waals surface area contributed by atoms with Crippen LogP contribution in [0.1, 0.15) is 207 Å². The molecule has 0 saturated heterocycles. The fourth-order valence-electron chi connectivity index (χ4n) is 13.9. The minimum Gasteiger partial charge on any atom is -0.140 e. The molecule has 5 aromatic carbocycles. The predicted molar refractivity (Wildman–Crippen MR) is 463 cm³/mol. The minimum absolute atomic E-state index is 0.0856. The SMILES string of the molecule is CCCCCCc1ccc(C2(c3ccc(CCCCCC)cc3)c3cc4c(cc3-c3sc(C)cc32)C(c2ccc(CCCCCC)cc2)(c2ccc(CCCCCC)cc2)c2cc(-c3ccc(-c5ccc(C)s5)s3)sc2-4)cc1.PP(P)P(P(P)P)P(P(P)P)P(P)P. The summed E-state index contributed by atoms with van der Waals surface area (Å²) >= 11 is 7.89. The zero-order valence-corrected chi connectivity index (χ0v) is 72.8. The molecule has 0 fully saturated rings. The normalized spacial score (nSPS) is 13.7. The first-order valence-corrected chi connectivity index (χ1v) is 61.1. The predicted octanol–water partition coefficient (Wildman–Crippen LogP) is 30.9. The summed E-state index contributed by atoms with van der Waals surface area (Å²) in [5.74, 6) is 0. The van der Waals surface area contributed by atoms with Crippen LogP contribution in [0.25, 0.3) is 40.4 Å². The van der Waals surface area contributed by atoms with Gasteiger partial charge in [0.2, 0.25) is 0 Å². The van der Waals surface area contributed by atoms with Crippen LogP contribution in [0.5, 0.6) is 0 Å². The largest absolute Gasteiger partial charge is 0.140 e. The lowest BCUT2D eigenvalue weighted by molar-refractivity contribution is 0.666. The molecular formula is C74H98P14S4. The molecule has 2 aliphatic rings. The van der Waals surface area contributed by atoms with Crippen molar-refractivity contribution >= 4 is 159 Å². The molecule has 0 bridgehead atoms. The highest BCUT2D eigenvalue weighted by Crippen LogP contribution is 3.21. The lowest BCUT2D eigenvalue weighted by Crippen LogP contribution is -2.30. The van der Waals surface area contributed by atoms with Crippen molar-refractivity contribution in [1.82, 2.24) is 0 Å². The van der Waals surface area contributed by atoms with Crippen molar-refractivity contribution in [2.24, 2.45) is 0 Å². The molecule has 2 aliphatic carbocycles. The summed E-state index contributed by atoms with van der Waals surface area (Å²) in [4.78, 5) is 11.0. The van der Waals surface area contributed by atoms with E-state index in [1.165, 1.54) is 220 Å². The van der Waals surface area contributed by atoms with Gasteiger partial charge < -0.3 is 0 Å². The van der Waals surface area contributed by atoms with E-state index in [0.717, 1.165) is 25.7 Å². The van der Waals surface area contributed by atoms with E-state index in [4.69, 9.17) is 0 Å². The van der Waals surface area contributed by atoms with Crippen LogP contribution in [0.15, 0.2) is 146 Å². The fourth-order valence-corrected chi connectivity index (χ4v) is 165. The van der Waals surface area contributed by atoms with Gasteiger partial charge in [0, 0.05) is 39.0 Å². The van der Waals surface area contributed by atoms with E-state index in [-0.39, 0.29) is 41.9 Å². The summed E-state index contributed by atoms with van der Waals surface area (Å²) in [5.41, 5.74) is 18.9. The Kier molecular flexibility index (Phi) is 29.7. The van der Waals surface area contributed by atoms with Crippen LogP contribution in [0.4, 0.5) is 0 Å². The van der Waals surface area contributed by atoms with Crippen molar-refractivity contribution in [2.45, 2.75) is 181 Å². The molecule has 0 saturated carbocycles. The third-order valence-corrected chi connectivity index (χ3v) is 102. The van der Waals surface area contributed by atoms with Crippen LogP contribution >= 0.6 is 159 Å². The van der Waals surface area contributed by atoms with Gasteiger partial charge in [0.25, 0.3) is 0 Å². The Labute approximate surface area is 596 Å². The zero-order chi connectivity index (χ0) is 65.1. The molecule has 4 heterocycles. The summed E-state index contributed by atoms with van der Waals surface area (Å²) in [6.45, 7) is 14.6. The molecule has 0 radical (unpaired) electrons. The van der Waals surface area contributed by atoms with Gasteiger partial charge in [-0.2, -0.15) is 0 Å². The van der Waals surface area contributed by atoms with E-state index in [1.54, 1.807) is 0 Å². The number of benzene rings is 5. The lowest BCUT2D eigenvalue weighted by atomic mass is 9.65. The van der Waals surface area contributed by atoms with Gasteiger partial charge in [-0.25, -0.2) is 0 Å². The highest BCUT2D eigenvalue weighted by Gasteiger charge is 2.53. The summed E-state index contributed by atoms with van der Waals surface area (Å²) in [5, 5.41) is 0. The van der Waals surface area contributed by atoms with Gasteiger partial charge in [0.15, 0.2) is 0 Å². The topological polar surface area (TPSA) is 0 Å². The van der Waals surface area contributed by atoms with Gasteiger partial charge in [0.05, 0.1) is 10.8 Å². The van der Waals surface area contributed by atoms with Gasteiger partial charge in [-0.05, 0) is 234 Å². The first kappa shape index (κ1) is 75.6. The summed E-state index contributed by atoms with van der Waals surface area (Å²) in [6.07, 6.45) is 25.0. The Hall–Kier alpha value is 0.920. The molecule has 8 unspecified atom stereocenters. The van der Waals surface area contributed by atoms with E-state index in [9.17, 15) is 0 Å². The van der Waals surface area contributed by atoms with Crippen molar-refractivity contribution < 1.29 is 0 Å². The molecule has 0 N–H and O–H groups in total. The molecule has 92 heavy (non-hydrogen) atoms. The Morgan fingerprint density at radius 1 is 0.293 bits per heavy atom. The third-order valence-electron chi connectivity index (χ3n) is 18.5. The van der Waals surface area contributed by atoms with Crippen molar-refractivity contribution in [3.05, 3.63) is 222 Å². The Balaban J connectivity index is 0.000000592. The van der Waals surface area contributed by atoms with Crippen LogP contribution in [-0.4, -0.2) is 0 Å². The number of aryl methyl sites for hydroxylation is 6. The van der Waals surface area contributed by atoms with Crippen LogP contribution in [0.3, 0.4) is 0 Å². The summed E-state index contributed by atoms with van der Waals surface area (Å²) in [7, 11) is 24.4. The Bertz CT molecular complexity index is 3640. The summed E-state index contributed by atoms with van der Waals surface area (Å²) < 4.78 is 0. The van der Waals surface area contributed by atoms with E-state index in [0.29, 0.717) is 0 Å². The minimum atomic E-state index is -0.516. The average molecular weight is 1550 g/mol. The van der Waals surface area contributed by atoms with Crippen LogP contribution in [0.2, 0.25) is 0 Å². The first-order chi connectivity index (χ1) is 44.6. The Morgan fingerprint density at radius 2 is 0.609 bits per heavy atom. The molecule has 0 nitrogen and oxygen atoms in total. The highest BCUT2D eigenvalue weighted by atomic mass is 33.3. The van der Waals surface area contributed by atoms with Crippen LogP contribution in [0, 0.1) is 13.8 Å². The van der Waals surface area contributed by atoms with Gasteiger partial charge in [-0.1, -0.05) is 202 Å². The second kappa shape index (κ2) is 36.2. The van der Waals surface area contributed by atoms with Crippen molar-refractivity contribution in [2.75, 3.05) is 0 Å². The number of hydrogen-bond donors (Lipinski definition) is 0. The fraction of sp³-hybridized carbons (Fsp3) is 0.378. The zero-order valence-electron chi connectivity index (χ0n) is 54.9. The van der Waals surface area contributed by atoms with Gasteiger partial charge >= 0.3 is 0 Å². The third kappa shape index (κ3) is 17.2. The van der Waals surface area contributed by atoms with Crippen molar-refractivity contribution in [3.63, 3.8) is 0 Å². The lowest BCUT2D eigenvalue weighted by Gasteiger charge is -2.37. The van der Waals surface area contributed by atoms with E-state index >= 15 is 0 Å². The monoisotopic (exact) mass is 1550 g/mol. The van der Waals surface area contributed by atoms with E-state index < -0.39 is 10.8 Å². The number of unbranched alkanes of at least 4 members (excludes halogenated alkanes) is 12. The highest BCUT2D eigenvalue weighted by molar-refractivity contribution is 9.27. The molecule has 18 heteroatoms. The van der Waals surface area contributed by atoms with Crippen molar-refractivity contribution in [1.29, 1.82) is 0 Å². The standard InChI is InChI=1S/C74H82S4.H16P14/c1-7-11-15-19-23-53-28-36-57(37-29-53)73(58-38-30-54(31-39-58)24-20-16-12-8-2)63-49-62-64(48-61(63)71-65(73)47-52(6)76-71)74(59-40-32-55(33-41-59)25-21-17-13-9-3,60-42-34-56(35-43-60)26-22-18-14-10-4)66-50-70(78-72(62)66)69-46-45-68(77-69)67-44-27-51(5)75-67;1-9(2)13(10(3)4)14(11(5)6)12(7)8/h27-50H,7-26H2,1-6H3;1-8H2. The molecule has 0 spiro atoms. The molecule has 8 atom stereocenters. The van der Waals surface area contributed by atoms with Crippen molar-refractivity contribution in [3.8, 4) is 40.4 Å². The first-order valence-electron chi connectivity index (χ1n) is 33.4. The van der Waals surface area contributed by atoms with E-state index in [1.807, 2.05) is 45.3 Å². The molecule has 4 aromatic heterocycles. The number of hydrogen-bond acceptors (Lipinski definition) is 4. The maximum Gasteiger partial charge on any atom is 0.0722 e. The van der Waals surface area contributed by atoms with Gasteiger partial charge in [0.1, 0.15) is 0 Å². The Morgan fingerprint density at radius 3 is 0.935 bits per heavy atom. The molecule has 488 valence electrons. The smallest absolute Gasteiger partial charge is 0.0722 e. The maximum absolute atomic E-state index is 3.05. The second-order valence-electron chi connectivity index (χ2n) is 25.1. The van der Waals surface area contributed by atoms with Crippen LogP contribution in [-0.2, 0) is 36.5 Å². The van der Waals surface area contributed by atoms with Crippen LogP contribution < -0.4 is 0 Å². The summed E-state index contributed by atoms with van der Waals surface area (Å²) in [6, 6.07) is 59.9. The van der Waals surface area contributed by atoms with E-state index in [2.05, 4.69) is 259 Å². The number of thiophene rings is 4. The average Bonchev–Trinajstić information content (AvgIpc) is 1.50. The number of fused-ring (bicyclic) bond motifs is 6. The van der Waals surface area contributed by atoms with Gasteiger partial charge in [-0.15, -0.1) is 117 Å². The number of rotatable bonds is 31. The molecular weight excluding hydrogens is 1450 g/mol. The molecule has 11 rings (SSSR count). The molecule has 0 aliphatic heterocycles. The molecule has 9 aromatic rings. The van der Waals surface area contributed by atoms with Gasteiger partial charge in [-0.3, -0.25) is 0 Å². The quantitative estimate of drug-likeness (QED) is 0.0300. The second-order valence-corrected chi connectivity index (χ2v) is 83.2. The molecule has 0 amide bonds.